The van der Waals surface area contributed by atoms with Crippen molar-refractivity contribution in [3.8, 4) is 0 Å². The molecule has 0 aromatic carbocycles. The largest absolute Gasteiger partial charge is 0.481 e. The van der Waals surface area contributed by atoms with Gasteiger partial charge in [-0.15, -0.1) is 0 Å². The van der Waals surface area contributed by atoms with Gasteiger partial charge < -0.3 is 26.0 Å². The number of hydrogen-bond donors (Lipinski definition) is 5. The number of carboxylic acid groups (broad SMARTS) is 3. The number of carboxylic acids is 3. The highest BCUT2D eigenvalue weighted by molar-refractivity contribution is 5.86. The van der Waals surface area contributed by atoms with Crippen LogP contribution in [-0.4, -0.2) is 51.3 Å². The summed E-state index contributed by atoms with van der Waals surface area (Å²) in [5.41, 5.74) is 0.141. The number of amides is 2. The Morgan fingerprint density at radius 3 is 1.72 bits per heavy atom. The van der Waals surface area contributed by atoms with E-state index in [4.69, 9.17) is 15.3 Å². The summed E-state index contributed by atoms with van der Waals surface area (Å²) in [5, 5.41) is 31.0. The zero-order chi connectivity index (χ0) is 19.6. The highest BCUT2D eigenvalue weighted by Gasteiger charge is 2.24. The molecule has 0 saturated carbocycles. The third-order valence-electron chi connectivity index (χ3n) is 3.52. The van der Waals surface area contributed by atoms with Gasteiger partial charge >= 0.3 is 23.9 Å². The molecule has 0 aromatic heterocycles. The number of carbonyl (C=O) groups excluding carboxylic acids is 1. The molecule has 2 atom stereocenters. The summed E-state index contributed by atoms with van der Waals surface area (Å²) < 4.78 is 0. The van der Waals surface area contributed by atoms with Gasteiger partial charge in [0.1, 0.15) is 12.1 Å². The van der Waals surface area contributed by atoms with Crippen LogP contribution >= 0.6 is 0 Å². The topological polar surface area (TPSA) is 153 Å². The third kappa shape index (κ3) is 11.8. The van der Waals surface area contributed by atoms with Gasteiger partial charge in [0.25, 0.3) is 0 Å². The van der Waals surface area contributed by atoms with E-state index in [1.165, 1.54) is 0 Å². The summed E-state index contributed by atoms with van der Waals surface area (Å²) in [6.45, 7) is 6.24. The molecule has 5 N–H and O–H groups in total. The molecule has 0 aliphatic rings. The lowest BCUT2D eigenvalue weighted by Crippen LogP contribution is -2.51. The fourth-order valence-electron chi connectivity index (χ4n) is 2.14. The second-order valence-corrected chi connectivity index (χ2v) is 7.14. The molecule has 9 nitrogen and oxygen atoms in total. The molecule has 0 radical (unpaired) electrons. The van der Waals surface area contributed by atoms with Crippen molar-refractivity contribution in [3.05, 3.63) is 0 Å². The molecule has 9 heteroatoms. The molecule has 0 spiro atoms. The third-order valence-corrected chi connectivity index (χ3v) is 3.52. The number of aliphatic carboxylic acids is 3. The minimum atomic E-state index is -1.40. The van der Waals surface area contributed by atoms with Gasteiger partial charge in [-0.25, -0.2) is 14.4 Å². The highest BCUT2D eigenvalue weighted by atomic mass is 16.4. The lowest BCUT2D eigenvalue weighted by atomic mass is 9.89. The molecule has 0 bridgehead atoms. The summed E-state index contributed by atoms with van der Waals surface area (Å²) >= 11 is 0. The van der Waals surface area contributed by atoms with E-state index < -0.39 is 42.4 Å². The van der Waals surface area contributed by atoms with Crippen LogP contribution in [0.25, 0.3) is 0 Å². The van der Waals surface area contributed by atoms with Crippen molar-refractivity contribution in [2.75, 3.05) is 0 Å². The molecule has 0 fully saturated rings. The first-order valence-corrected chi connectivity index (χ1v) is 8.17. The summed E-state index contributed by atoms with van der Waals surface area (Å²) in [6.07, 6.45) is 1.85. The minimum absolute atomic E-state index is 0.141. The second kappa shape index (κ2) is 10.5. The predicted molar refractivity (Wildman–Crippen MR) is 89.3 cm³/mol. The maximum absolute atomic E-state index is 11.8. The van der Waals surface area contributed by atoms with Gasteiger partial charge in [0.15, 0.2) is 0 Å². The zero-order valence-electron chi connectivity index (χ0n) is 14.9. The first-order chi connectivity index (χ1) is 11.4. The molecule has 0 unspecified atom stereocenters. The lowest BCUT2D eigenvalue weighted by Gasteiger charge is -2.20. The van der Waals surface area contributed by atoms with Gasteiger partial charge in [0.2, 0.25) is 0 Å². The number of rotatable bonds is 11. The molecule has 2 amide bonds. The summed E-state index contributed by atoms with van der Waals surface area (Å²) in [4.78, 5) is 44.6. The normalized spacial score (nSPS) is 13.6. The lowest BCUT2D eigenvalue weighted by molar-refractivity contribution is -0.140. The van der Waals surface area contributed by atoms with Crippen molar-refractivity contribution in [1.82, 2.24) is 10.6 Å². The van der Waals surface area contributed by atoms with Crippen molar-refractivity contribution < 1.29 is 34.5 Å². The van der Waals surface area contributed by atoms with Gasteiger partial charge in [0.05, 0.1) is 0 Å². The van der Waals surface area contributed by atoms with E-state index >= 15 is 0 Å². The first kappa shape index (κ1) is 22.7. The smallest absolute Gasteiger partial charge is 0.326 e. The van der Waals surface area contributed by atoms with Crippen molar-refractivity contribution in [2.45, 2.75) is 71.4 Å². The first-order valence-electron chi connectivity index (χ1n) is 8.17. The van der Waals surface area contributed by atoms with Gasteiger partial charge in [-0.05, 0) is 24.7 Å². The number of carbonyl (C=O) groups is 4. The number of hydrogen-bond acceptors (Lipinski definition) is 4. The van der Waals surface area contributed by atoms with Crippen molar-refractivity contribution in [1.29, 1.82) is 0 Å². The molecule has 0 aliphatic carbocycles. The standard InChI is InChI=1S/C16H28N2O7/c1-16(2,3)9-5-4-6-10(13(21)22)17-15(25)18-11(14(23)24)7-8-12(19)20/h10-11H,4-9H2,1-3H3,(H,19,20)(H,21,22)(H,23,24)(H2,17,18,25)/t10-,11-/m0/s1. The Labute approximate surface area is 146 Å². The van der Waals surface area contributed by atoms with Crippen molar-refractivity contribution in [2.24, 2.45) is 5.41 Å². The minimum Gasteiger partial charge on any atom is -0.481 e. The van der Waals surface area contributed by atoms with Crippen LogP contribution in [0.15, 0.2) is 0 Å². The van der Waals surface area contributed by atoms with Gasteiger partial charge in [-0.2, -0.15) is 0 Å². The fourth-order valence-corrected chi connectivity index (χ4v) is 2.14. The predicted octanol–water partition coefficient (Wildman–Crippen LogP) is 1.66. The number of unbranched alkanes of at least 4 members (excludes halogenated alkanes) is 1. The van der Waals surface area contributed by atoms with E-state index in [1.54, 1.807) is 0 Å². The maximum Gasteiger partial charge on any atom is 0.326 e. The average Bonchev–Trinajstić information content (AvgIpc) is 2.44. The molecule has 0 aromatic rings. The summed E-state index contributed by atoms with van der Waals surface area (Å²) in [6, 6.07) is -3.47. The van der Waals surface area contributed by atoms with E-state index in [0.717, 1.165) is 12.8 Å². The molecule has 0 heterocycles. The monoisotopic (exact) mass is 360 g/mol. The van der Waals surface area contributed by atoms with Crippen molar-refractivity contribution in [3.63, 3.8) is 0 Å². The Balaban J connectivity index is 4.48. The van der Waals surface area contributed by atoms with Crippen LogP contribution < -0.4 is 10.6 Å². The van der Waals surface area contributed by atoms with E-state index in [2.05, 4.69) is 31.4 Å². The van der Waals surface area contributed by atoms with Gasteiger partial charge in [0, 0.05) is 6.42 Å². The molecule has 0 saturated heterocycles. The van der Waals surface area contributed by atoms with Crippen LogP contribution in [-0.2, 0) is 14.4 Å². The molecular weight excluding hydrogens is 332 g/mol. The van der Waals surface area contributed by atoms with Crippen molar-refractivity contribution >= 4 is 23.9 Å². The molecule has 144 valence electrons. The fraction of sp³-hybridized carbons (Fsp3) is 0.750. The van der Waals surface area contributed by atoms with Crippen LogP contribution in [0.5, 0.6) is 0 Å². The van der Waals surface area contributed by atoms with Crippen LogP contribution in [0.4, 0.5) is 4.79 Å². The van der Waals surface area contributed by atoms with E-state index in [0.29, 0.717) is 6.42 Å². The molecular formula is C16H28N2O7. The Bertz CT molecular complexity index is 485. The Morgan fingerprint density at radius 2 is 1.32 bits per heavy atom. The summed E-state index contributed by atoms with van der Waals surface area (Å²) in [7, 11) is 0. The van der Waals surface area contributed by atoms with Crippen LogP contribution in [0, 0.1) is 5.41 Å². The molecule has 0 aliphatic heterocycles. The Hall–Kier alpha value is -2.32. The quantitative estimate of drug-likeness (QED) is 0.351. The zero-order valence-corrected chi connectivity index (χ0v) is 14.9. The Kier molecular flexibility index (Phi) is 9.55. The average molecular weight is 360 g/mol. The van der Waals surface area contributed by atoms with E-state index in [-0.39, 0.29) is 18.3 Å². The highest BCUT2D eigenvalue weighted by Crippen LogP contribution is 2.22. The molecule has 0 rings (SSSR count). The number of nitrogens with one attached hydrogen (secondary N) is 2. The van der Waals surface area contributed by atoms with Crippen LogP contribution in [0.3, 0.4) is 0 Å². The van der Waals surface area contributed by atoms with E-state index in [9.17, 15) is 19.2 Å². The maximum atomic E-state index is 11.8. The number of urea groups is 1. The van der Waals surface area contributed by atoms with E-state index in [1.807, 2.05) is 0 Å². The van der Waals surface area contributed by atoms with Gasteiger partial charge in [-0.3, -0.25) is 4.79 Å². The second-order valence-electron chi connectivity index (χ2n) is 7.14. The molecule has 25 heavy (non-hydrogen) atoms. The van der Waals surface area contributed by atoms with Crippen LogP contribution in [0.1, 0.15) is 59.3 Å². The van der Waals surface area contributed by atoms with Gasteiger partial charge in [-0.1, -0.05) is 33.6 Å². The van der Waals surface area contributed by atoms with Crippen LogP contribution in [0.2, 0.25) is 0 Å². The SMILES string of the molecule is CC(C)(C)CCCC[C@H](NC(=O)N[C@@H](CCC(=O)O)C(=O)O)C(=O)O. The summed E-state index contributed by atoms with van der Waals surface area (Å²) in [5.74, 6) is -3.77. The Morgan fingerprint density at radius 1 is 0.840 bits per heavy atom.